The van der Waals surface area contributed by atoms with Crippen LogP contribution in [0, 0.1) is 0 Å². The maximum absolute atomic E-state index is 5.47. The zero-order valence-corrected chi connectivity index (χ0v) is 11.1. The molecule has 0 aromatic rings. The molecule has 0 saturated heterocycles. The summed E-state index contributed by atoms with van der Waals surface area (Å²) in [6.07, 6.45) is 2.32. The second-order valence-electron chi connectivity index (χ2n) is 4.02. The molecular formula is C9H19BrOSi. The molecule has 0 heterocycles. The van der Waals surface area contributed by atoms with Gasteiger partial charge in [-0.3, -0.25) is 0 Å². The molecule has 0 saturated carbocycles. The van der Waals surface area contributed by atoms with Gasteiger partial charge in [0.15, 0.2) is 4.67 Å². The first-order valence-electron chi connectivity index (χ1n) is 4.47. The van der Waals surface area contributed by atoms with Crippen LogP contribution in [0.4, 0.5) is 0 Å². The average Bonchev–Trinajstić information content (AvgIpc) is 1.84. The third-order valence-corrected chi connectivity index (χ3v) is 3.29. The summed E-state index contributed by atoms with van der Waals surface area (Å²) < 4.78 is 6.40. The van der Waals surface area contributed by atoms with Crippen molar-refractivity contribution in [1.82, 2.24) is 0 Å². The lowest BCUT2D eigenvalue weighted by molar-refractivity contribution is 0.236. The van der Waals surface area contributed by atoms with Crippen LogP contribution in [0.5, 0.6) is 0 Å². The number of unbranched alkanes of at least 4 members (excludes halogenated alkanes) is 1. The Kier molecular flexibility index (Phi) is 5.92. The second-order valence-corrected chi connectivity index (χ2v) is 9.82. The van der Waals surface area contributed by atoms with Crippen LogP contribution < -0.4 is 0 Å². The highest BCUT2D eigenvalue weighted by atomic mass is 79.9. The third-order valence-electron chi connectivity index (χ3n) is 1.28. The van der Waals surface area contributed by atoms with Crippen LogP contribution in [-0.4, -0.2) is 14.7 Å². The number of hydrogen-bond donors (Lipinski definition) is 0. The highest BCUT2D eigenvalue weighted by Gasteiger charge is 2.10. The minimum atomic E-state index is -1.11. The number of halogens is 1. The molecule has 0 aliphatic heterocycles. The molecule has 1 nitrogen and oxygen atoms in total. The molecule has 0 fully saturated rings. The minimum absolute atomic E-state index is 0.831. The van der Waals surface area contributed by atoms with Crippen LogP contribution >= 0.6 is 15.9 Å². The molecule has 0 aromatic heterocycles. The molecule has 0 rings (SSSR count). The topological polar surface area (TPSA) is 9.23 Å². The third kappa shape index (κ3) is 8.33. The van der Waals surface area contributed by atoms with Crippen molar-refractivity contribution in [1.29, 1.82) is 0 Å². The Labute approximate surface area is 85.3 Å². The lowest BCUT2D eigenvalue weighted by Crippen LogP contribution is -2.16. The van der Waals surface area contributed by atoms with E-state index in [4.69, 9.17) is 4.74 Å². The molecule has 72 valence electrons. The van der Waals surface area contributed by atoms with E-state index >= 15 is 0 Å². The van der Waals surface area contributed by atoms with Gasteiger partial charge < -0.3 is 4.74 Å². The minimum Gasteiger partial charge on any atom is -0.488 e. The average molecular weight is 251 g/mol. The first-order chi connectivity index (χ1) is 5.45. The molecule has 3 heteroatoms. The summed E-state index contributed by atoms with van der Waals surface area (Å²) in [7, 11) is -1.11. The summed E-state index contributed by atoms with van der Waals surface area (Å²) in [5.74, 6) is 0. The second kappa shape index (κ2) is 5.81. The van der Waals surface area contributed by atoms with Crippen LogP contribution in [0.1, 0.15) is 19.8 Å². The fourth-order valence-corrected chi connectivity index (χ4v) is 3.68. The van der Waals surface area contributed by atoms with Gasteiger partial charge in [0, 0.05) is 0 Å². The first kappa shape index (κ1) is 12.2. The van der Waals surface area contributed by atoms with E-state index in [9.17, 15) is 0 Å². The van der Waals surface area contributed by atoms with Gasteiger partial charge in [0.2, 0.25) is 0 Å². The van der Waals surface area contributed by atoms with Crippen LogP contribution in [0.2, 0.25) is 19.6 Å². The van der Waals surface area contributed by atoms with Gasteiger partial charge in [-0.1, -0.05) is 33.0 Å². The first-order valence-corrected chi connectivity index (χ1v) is 8.84. The van der Waals surface area contributed by atoms with Gasteiger partial charge in [0.25, 0.3) is 0 Å². The van der Waals surface area contributed by atoms with E-state index in [1.165, 1.54) is 6.42 Å². The van der Waals surface area contributed by atoms with E-state index in [2.05, 4.69) is 48.2 Å². The van der Waals surface area contributed by atoms with E-state index in [1.54, 1.807) is 0 Å². The smallest absolute Gasteiger partial charge is 0.154 e. The van der Waals surface area contributed by atoms with E-state index in [0.717, 1.165) is 17.7 Å². The van der Waals surface area contributed by atoms with Crippen molar-refractivity contribution in [3.05, 3.63) is 10.4 Å². The maximum atomic E-state index is 5.47. The van der Waals surface area contributed by atoms with E-state index in [-0.39, 0.29) is 0 Å². The molecule has 12 heavy (non-hydrogen) atoms. The number of hydrogen-bond acceptors (Lipinski definition) is 1. The molecule has 0 unspecified atom stereocenters. The van der Waals surface area contributed by atoms with Crippen LogP contribution in [-0.2, 0) is 4.74 Å². The quantitative estimate of drug-likeness (QED) is 0.409. The summed E-state index contributed by atoms with van der Waals surface area (Å²) in [6.45, 7) is 9.86. The zero-order chi connectivity index (χ0) is 9.61. The normalized spacial score (nSPS) is 13.2. The molecular weight excluding hydrogens is 232 g/mol. The Morgan fingerprint density at radius 2 is 2.00 bits per heavy atom. The molecule has 0 bridgehead atoms. The molecule has 0 atom stereocenters. The molecule has 0 radical (unpaired) electrons. The van der Waals surface area contributed by atoms with Gasteiger partial charge in [0.1, 0.15) is 0 Å². The highest BCUT2D eigenvalue weighted by Crippen LogP contribution is 2.13. The maximum Gasteiger partial charge on any atom is 0.154 e. The molecule has 0 aliphatic rings. The predicted octanol–water partition coefficient (Wildman–Crippen LogP) is 3.92. The van der Waals surface area contributed by atoms with Crippen molar-refractivity contribution in [2.75, 3.05) is 6.61 Å². The van der Waals surface area contributed by atoms with Gasteiger partial charge in [-0.15, -0.1) is 0 Å². The summed E-state index contributed by atoms with van der Waals surface area (Å²) in [6, 6.07) is 0. The highest BCUT2D eigenvalue weighted by molar-refractivity contribution is 9.11. The van der Waals surface area contributed by atoms with E-state index < -0.39 is 8.07 Å². The molecule has 0 spiro atoms. The zero-order valence-electron chi connectivity index (χ0n) is 8.48. The van der Waals surface area contributed by atoms with Gasteiger partial charge in [-0.2, -0.15) is 0 Å². The summed E-state index contributed by atoms with van der Waals surface area (Å²) >= 11 is 3.42. The fourth-order valence-electron chi connectivity index (χ4n) is 0.696. The lowest BCUT2D eigenvalue weighted by Gasteiger charge is -2.11. The van der Waals surface area contributed by atoms with Crippen molar-refractivity contribution in [3.63, 3.8) is 0 Å². The van der Waals surface area contributed by atoms with Gasteiger partial charge in [0.05, 0.1) is 14.7 Å². The Hall–Kier alpha value is 0.237. The Balaban J connectivity index is 3.71. The van der Waals surface area contributed by atoms with Crippen LogP contribution in [0.3, 0.4) is 0 Å². The summed E-state index contributed by atoms with van der Waals surface area (Å²) in [5, 5.41) is 0. The fraction of sp³-hybridized carbons (Fsp3) is 0.778. The standard InChI is InChI=1S/C9H19BrOSi/c1-5-6-7-11-9(10)8-12(2,3)4/h8H,5-7H2,1-4H3/b9-8-. The van der Waals surface area contributed by atoms with Crippen molar-refractivity contribution in [2.24, 2.45) is 0 Å². The summed E-state index contributed by atoms with van der Waals surface area (Å²) in [5.41, 5.74) is 2.22. The van der Waals surface area contributed by atoms with Crippen LogP contribution in [0.25, 0.3) is 0 Å². The van der Waals surface area contributed by atoms with Gasteiger partial charge in [-0.05, 0) is 28.1 Å². The van der Waals surface area contributed by atoms with Gasteiger partial charge >= 0.3 is 0 Å². The van der Waals surface area contributed by atoms with Crippen molar-refractivity contribution < 1.29 is 4.74 Å². The largest absolute Gasteiger partial charge is 0.488 e. The van der Waals surface area contributed by atoms with Crippen molar-refractivity contribution >= 4 is 24.0 Å². The van der Waals surface area contributed by atoms with Gasteiger partial charge in [-0.25, -0.2) is 0 Å². The number of ether oxygens (including phenoxy) is 1. The predicted molar refractivity (Wildman–Crippen MR) is 61.2 cm³/mol. The van der Waals surface area contributed by atoms with Crippen LogP contribution in [0.15, 0.2) is 10.4 Å². The van der Waals surface area contributed by atoms with Crippen molar-refractivity contribution in [3.8, 4) is 0 Å². The van der Waals surface area contributed by atoms with E-state index in [1.807, 2.05) is 0 Å². The SMILES string of the molecule is CCCCO/C(Br)=C\[Si](C)(C)C. The Bertz CT molecular complexity index is 149. The molecule has 0 N–H and O–H groups in total. The lowest BCUT2D eigenvalue weighted by atomic mass is 10.4. The van der Waals surface area contributed by atoms with Crippen molar-refractivity contribution in [2.45, 2.75) is 39.4 Å². The molecule has 0 aromatic carbocycles. The molecule has 0 aliphatic carbocycles. The van der Waals surface area contributed by atoms with E-state index in [0.29, 0.717) is 0 Å². The summed E-state index contributed by atoms with van der Waals surface area (Å²) in [4.78, 5) is 0. The monoisotopic (exact) mass is 250 g/mol. The Morgan fingerprint density at radius 1 is 1.42 bits per heavy atom. The molecule has 0 amide bonds. The Morgan fingerprint density at radius 3 is 2.42 bits per heavy atom. The number of rotatable bonds is 5.